The topological polar surface area (TPSA) is 140 Å². The molecule has 1 aromatic carbocycles. The maximum absolute atomic E-state index is 13.2. The fourth-order valence-corrected chi connectivity index (χ4v) is 6.28. The molecule has 0 spiro atoms. The van der Waals surface area contributed by atoms with E-state index in [1.54, 1.807) is 25.4 Å². The van der Waals surface area contributed by atoms with Crippen molar-refractivity contribution in [1.29, 1.82) is 0 Å². The molecule has 2 saturated heterocycles. The van der Waals surface area contributed by atoms with Gasteiger partial charge in [0, 0.05) is 42.2 Å². The SMILES string of the molecule is CCCC[C@@H]1N[C@@H]2CC[C@@H](c3nc(-c4ccc(C(=O)Nc5cc(C(F)(F)F)ccn5)cc4OCC)c4c(N)nccn34)CN2C1=O. The van der Waals surface area contributed by atoms with Gasteiger partial charge in [0.05, 0.1) is 24.4 Å². The lowest BCUT2D eigenvalue weighted by atomic mass is 9.96. The molecular weight excluding hydrogens is 601 g/mol. The van der Waals surface area contributed by atoms with Crippen molar-refractivity contribution in [3.05, 3.63) is 65.9 Å². The Labute approximate surface area is 263 Å². The Kier molecular flexibility index (Phi) is 8.55. The molecule has 0 aliphatic carbocycles. The molecule has 14 heteroatoms. The van der Waals surface area contributed by atoms with Gasteiger partial charge >= 0.3 is 6.18 Å². The number of fused-ring (bicyclic) bond motifs is 2. The van der Waals surface area contributed by atoms with Gasteiger partial charge in [0.15, 0.2) is 0 Å². The number of nitrogen functional groups attached to an aromatic ring is 1. The highest BCUT2D eigenvalue weighted by Crippen LogP contribution is 2.39. The molecule has 2 fully saturated rings. The van der Waals surface area contributed by atoms with E-state index < -0.39 is 17.6 Å². The van der Waals surface area contributed by atoms with E-state index >= 15 is 0 Å². The van der Waals surface area contributed by atoms with E-state index in [2.05, 4.69) is 27.5 Å². The normalized spacial score (nSPS) is 19.8. The van der Waals surface area contributed by atoms with Crippen LogP contribution in [0.1, 0.15) is 73.6 Å². The molecule has 2 aliphatic heterocycles. The molecule has 0 saturated carbocycles. The lowest BCUT2D eigenvalue weighted by Gasteiger charge is -2.34. The minimum absolute atomic E-state index is 0.0115. The number of unbranched alkanes of at least 4 members (excludes halogenated alkanes) is 1. The second-order valence-electron chi connectivity index (χ2n) is 11.5. The number of imidazole rings is 1. The highest BCUT2D eigenvalue weighted by Gasteiger charge is 2.43. The van der Waals surface area contributed by atoms with Crippen LogP contribution < -0.4 is 21.1 Å². The van der Waals surface area contributed by atoms with Crippen molar-refractivity contribution in [2.45, 2.75) is 70.3 Å². The maximum Gasteiger partial charge on any atom is 0.416 e. The summed E-state index contributed by atoms with van der Waals surface area (Å²) in [4.78, 5) is 41.5. The molecule has 5 heterocycles. The summed E-state index contributed by atoms with van der Waals surface area (Å²) in [5.74, 6) is 0.500. The average molecular weight is 637 g/mol. The molecule has 0 radical (unpaired) electrons. The van der Waals surface area contributed by atoms with E-state index in [0.717, 1.165) is 56.3 Å². The average Bonchev–Trinajstić information content (AvgIpc) is 3.58. The number of nitrogens with zero attached hydrogens (tertiary/aromatic N) is 5. The minimum atomic E-state index is -4.58. The minimum Gasteiger partial charge on any atom is -0.493 e. The van der Waals surface area contributed by atoms with Gasteiger partial charge in [-0.1, -0.05) is 19.8 Å². The molecule has 46 heavy (non-hydrogen) atoms. The monoisotopic (exact) mass is 636 g/mol. The van der Waals surface area contributed by atoms with Crippen LogP contribution in [0.5, 0.6) is 5.75 Å². The number of ether oxygens (including phenoxy) is 1. The third kappa shape index (κ3) is 5.96. The van der Waals surface area contributed by atoms with Crippen LogP contribution in [0, 0.1) is 0 Å². The third-order valence-electron chi connectivity index (χ3n) is 8.51. The fraction of sp³-hybridized carbons (Fsp3) is 0.406. The summed E-state index contributed by atoms with van der Waals surface area (Å²) in [5.41, 5.74) is 7.26. The molecule has 3 atom stereocenters. The number of hydrogen-bond donors (Lipinski definition) is 3. The molecule has 2 amide bonds. The van der Waals surface area contributed by atoms with Crippen molar-refractivity contribution in [1.82, 2.24) is 29.6 Å². The highest BCUT2D eigenvalue weighted by molar-refractivity contribution is 6.04. The summed E-state index contributed by atoms with van der Waals surface area (Å²) in [6, 6.07) is 6.15. The van der Waals surface area contributed by atoms with Crippen LogP contribution in [-0.2, 0) is 11.0 Å². The highest BCUT2D eigenvalue weighted by atomic mass is 19.4. The van der Waals surface area contributed by atoms with Gasteiger partial charge in [0.1, 0.15) is 34.4 Å². The molecule has 2 aliphatic rings. The van der Waals surface area contributed by atoms with Gasteiger partial charge in [-0.25, -0.2) is 15.0 Å². The standard InChI is InChI=1S/C32H35F3N8O3/c1-3-5-6-22-31(45)43-17-19(8-10-25(43)39-22)29-41-26(27-28(36)38-13-14-42(27)29)21-9-7-18(15-23(21)46-4-2)30(44)40-24-16-20(11-12-37-24)32(33,34)35/h7,9,11-16,19,22,25,39H,3-6,8,10,17H2,1-2H3,(H2,36,38)(H,37,40,44)/t19-,22+,25+/m1/s1. The molecular formula is C32H35F3N8O3. The van der Waals surface area contributed by atoms with Gasteiger partial charge in [-0.2, -0.15) is 13.2 Å². The van der Waals surface area contributed by atoms with Crippen LogP contribution in [-0.4, -0.2) is 61.4 Å². The van der Waals surface area contributed by atoms with Crippen molar-refractivity contribution in [3.8, 4) is 17.0 Å². The van der Waals surface area contributed by atoms with Gasteiger partial charge in [-0.3, -0.25) is 19.3 Å². The molecule has 6 rings (SSSR count). The van der Waals surface area contributed by atoms with Crippen LogP contribution in [0.2, 0.25) is 0 Å². The van der Waals surface area contributed by atoms with E-state index in [4.69, 9.17) is 15.5 Å². The van der Waals surface area contributed by atoms with E-state index in [1.807, 2.05) is 9.30 Å². The number of aromatic nitrogens is 4. The number of nitrogens with one attached hydrogen (secondary N) is 2. The van der Waals surface area contributed by atoms with E-state index in [-0.39, 0.29) is 47.8 Å². The predicted molar refractivity (Wildman–Crippen MR) is 165 cm³/mol. The van der Waals surface area contributed by atoms with Crippen LogP contribution in [0.15, 0.2) is 48.9 Å². The van der Waals surface area contributed by atoms with Gasteiger partial charge in [-0.15, -0.1) is 0 Å². The summed E-state index contributed by atoms with van der Waals surface area (Å²) in [7, 11) is 0. The number of halogens is 3. The number of piperidine rings is 1. The summed E-state index contributed by atoms with van der Waals surface area (Å²) in [6.07, 6.45) is 4.24. The van der Waals surface area contributed by atoms with E-state index in [0.29, 0.717) is 29.1 Å². The summed E-state index contributed by atoms with van der Waals surface area (Å²) >= 11 is 0. The zero-order valence-electron chi connectivity index (χ0n) is 25.5. The van der Waals surface area contributed by atoms with Crippen molar-refractivity contribution < 1.29 is 27.5 Å². The Morgan fingerprint density at radius 2 is 1.98 bits per heavy atom. The van der Waals surface area contributed by atoms with Crippen LogP contribution in [0.25, 0.3) is 16.8 Å². The Morgan fingerprint density at radius 1 is 1.15 bits per heavy atom. The number of rotatable bonds is 9. The smallest absolute Gasteiger partial charge is 0.416 e. The number of benzene rings is 1. The molecule has 4 aromatic rings. The molecule has 0 bridgehead atoms. The van der Waals surface area contributed by atoms with Gasteiger partial charge in [-0.05, 0) is 56.5 Å². The maximum atomic E-state index is 13.2. The summed E-state index contributed by atoms with van der Waals surface area (Å²) < 4.78 is 47.3. The first-order chi connectivity index (χ1) is 22.1. The molecule has 4 N–H and O–H groups in total. The number of carbonyl (C=O) groups is 2. The Hall–Kier alpha value is -4.72. The first-order valence-corrected chi connectivity index (χ1v) is 15.4. The van der Waals surface area contributed by atoms with Gasteiger partial charge in [0.25, 0.3) is 5.91 Å². The lowest BCUT2D eigenvalue weighted by Crippen LogP contribution is -2.44. The van der Waals surface area contributed by atoms with Gasteiger partial charge in [0.2, 0.25) is 5.91 Å². The van der Waals surface area contributed by atoms with Crippen molar-refractivity contribution in [2.24, 2.45) is 0 Å². The van der Waals surface area contributed by atoms with E-state index in [1.165, 1.54) is 12.1 Å². The third-order valence-corrected chi connectivity index (χ3v) is 8.51. The van der Waals surface area contributed by atoms with Gasteiger partial charge < -0.3 is 20.7 Å². The second-order valence-corrected chi connectivity index (χ2v) is 11.5. The predicted octanol–water partition coefficient (Wildman–Crippen LogP) is 5.24. The van der Waals surface area contributed by atoms with Crippen molar-refractivity contribution in [3.63, 3.8) is 0 Å². The van der Waals surface area contributed by atoms with Crippen LogP contribution >= 0.6 is 0 Å². The zero-order chi connectivity index (χ0) is 32.6. The molecule has 3 aromatic heterocycles. The quantitative estimate of drug-likeness (QED) is 0.227. The van der Waals surface area contributed by atoms with E-state index in [9.17, 15) is 22.8 Å². The number of amides is 2. The van der Waals surface area contributed by atoms with Crippen molar-refractivity contribution >= 4 is 29.0 Å². The van der Waals surface area contributed by atoms with Crippen LogP contribution in [0.4, 0.5) is 24.8 Å². The fourth-order valence-electron chi connectivity index (χ4n) is 6.28. The number of nitrogens with two attached hydrogens (primary N) is 1. The molecule has 242 valence electrons. The van der Waals surface area contributed by atoms with Crippen LogP contribution in [0.3, 0.4) is 0 Å². The zero-order valence-corrected chi connectivity index (χ0v) is 25.5. The Balaban J connectivity index is 1.32. The number of alkyl halides is 3. The second kappa shape index (κ2) is 12.6. The first kappa shape index (κ1) is 31.3. The van der Waals surface area contributed by atoms with Crippen molar-refractivity contribution in [2.75, 3.05) is 24.2 Å². The number of carbonyl (C=O) groups excluding carboxylic acids is 2. The summed E-state index contributed by atoms with van der Waals surface area (Å²) in [6.45, 7) is 4.69. The number of anilines is 2. The Morgan fingerprint density at radius 3 is 2.74 bits per heavy atom. The number of hydrogen-bond acceptors (Lipinski definition) is 8. The Bertz CT molecular complexity index is 1780. The first-order valence-electron chi connectivity index (χ1n) is 15.4. The number of pyridine rings is 1. The molecule has 11 nitrogen and oxygen atoms in total. The summed E-state index contributed by atoms with van der Waals surface area (Å²) in [5, 5.41) is 5.93. The lowest BCUT2D eigenvalue weighted by molar-refractivity contribution is -0.137. The largest absolute Gasteiger partial charge is 0.493 e. The molecule has 0 unspecified atom stereocenters.